The summed E-state index contributed by atoms with van der Waals surface area (Å²) in [5.41, 5.74) is -1.14. The van der Waals surface area contributed by atoms with E-state index in [4.69, 9.17) is 4.74 Å². The number of nitro benzene ring substituents is 1. The first kappa shape index (κ1) is 22.0. The standard InChI is InChI=1S/C20H23N3O6/c1-3-21-20(13-24,14(2)25)22-19(26)17-10-9-16(23(27)28)11-18(17)29-12-15-7-5-4-6-8-15/h4-11,13-14,21,25H,3,12H2,1-2H3,(H,22,26)/t14-,20-/m1/s1. The Morgan fingerprint density at radius 1 is 1.31 bits per heavy atom. The molecule has 9 heteroatoms. The molecule has 0 spiro atoms. The van der Waals surface area contributed by atoms with Gasteiger partial charge in [-0.25, -0.2) is 0 Å². The molecule has 0 aliphatic carbocycles. The van der Waals surface area contributed by atoms with Crippen LogP contribution >= 0.6 is 0 Å². The number of hydrogen-bond acceptors (Lipinski definition) is 7. The number of carbonyl (C=O) groups is 2. The van der Waals surface area contributed by atoms with Gasteiger partial charge < -0.3 is 15.2 Å². The van der Waals surface area contributed by atoms with Crippen LogP contribution in [0.5, 0.6) is 5.75 Å². The van der Waals surface area contributed by atoms with E-state index < -0.39 is 22.6 Å². The number of rotatable bonds is 10. The average Bonchev–Trinajstić information content (AvgIpc) is 2.72. The molecular weight excluding hydrogens is 378 g/mol. The molecule has 0 saturated heterocycles. The number of hydrogen-bond donors (Lipinski definition) is 3. The van der Waals surface area contributed by atoms with E-state index >= 15 is 0 Å². The Labute approximate surface area is 167 Å². The summed E-state index contributed by atoms with van der Waals surface area (Å²) >= 11 is 0. The first-order valence-electron chi connectivity index (χ1n) is 9.00. The van der Waals surface area contributed by atoms with Crippen LogP contribution in [0, 0.1) is 10.1 Å². The minimum atomic E-state index is -1.70. The van der Waals surface area contributed by atoms with Gasteiger partial charge in [-0.1, -0.05) is 37.3 Å². The lowest BCUT2D eigenvalue weighted by atomic mass is 10.0. The molecule has 29 heavy (non-hydrogen) atoms. The highest BCUT2D eigenvalue weighted by atomic mass is 16.6. The minimum absolute atomic E-state index is 0.00342. The lowest BCUT2D eigenvalue weighted by molar-refractivity contribution is -0.384. The van der Waals surface area contributed by atoms with Crippen molar-refractivity contribution in [2.75, 3.05) is 6.54 Å². The number of ether oxygens (including phenoxy) is 1. The molecule has 2 rings (SSSR count). The summed E-state index contributed by atoms with van der Waals surface area (Å²) in [6.07, 6.45) is -0.815. The van der Waals surface area contributed by atoms with Crippen LogP contribution in [0.2, 0.25) is 0 Å². The summed E-state index contributed by atoms with van der Waals surface area (Å²) in [5.74, 6) is -0.737. The average molecular weight is 401 g/mol. The number of amides is 1. The first-order valence-corrected chi connectivity index (χ1v) is 9.00. The molecule has 0 aliphatic rings. The molecule has 0 fully saturated rings. The smallest absolute Gasteiger partial charge is 0.273 e. The predicted molar refractivity (Wildman–Crippen MR) is 105 cm³/mol. The van der Waals surface area contributed by atoms with Crippen molar-refractivity contribution in [1.29, 1.82) is 0 Å². The van der Waals surface area contributed by atoms with Gasteiger partial charge in [0.1, 0.15) is 12.4 Å². The van der Waals surface area contributed by atoms with Gasteiger partial charge in [0.2, 0.25) is 0 Å². The highest BCUT2D eigenvalue weighted by Crippen LogP contribution is 2.26. The SMILES string of the molecule is CCN[C@](C=O)(NC(=O)c1ccc([N+](=O)[O-])cc1OCc1ccccc1)[C@@H](C)O. The van der Waals surface area contributed by atoms with Crippen LogP contribution in [0.1, 0.15) is 29.8 Å². The number of nitro groups is 1. The minimum Gasteiger partial charge on any atom is -0.488 e. The number of aliphatic hydroxyl groups excluding tert-OH is 1. The van der Waals surface area contributed by atoms with Crippen LogP contribution in [-0.4, -0.2) is 40.5 Å². The van der Waals surface area contributed by atoms with Gasteiger partial charge in [0.15, 0.2) is 11.9 Å². The summed E-state index contributed by atoms with van der Waals surface area (Å²) in [6.45, 7) is 3.47. The number of carbonyl (C=O) groups excluding carboxylic acids is 2. The zero-order valence-electron chi connectivity index (χ0n) is 16.1. The van der Waals surface area contributed by atoms with Crippen molar-refractivity contribution < 1.29 is 24.4 Å². The topological polar surface area (TPSA) is 131 Å². The number of likely N-dealkylation sites (N-methyl/N-ethyl adjacent to an activating group) is 1. The van der Waals surface area contributed by atoms with Crippen LogP contribution in [-0.2, 0) is 11.4 Å². The third kappa shape index (κ3) is 5.37. The zero-order chi connectivity index (χ0) is 21.4. The Morgan fingerprint density at radius 2 is 2.00 bits per heavy atom. The molecule has 0 radical (unpaired) electrons. The summed E-state index contributed by atoms with van der Waals surface area (Å²) in [6, 6.07) is 12.7. The Morgan fingerprint density at radius 3 is 2.55 bits per heavy atom. The van der Waals surface area contributed by atoms with Crippen molar-refractivity contribution in [3.8, 4) is 5.75 Å². The molecule has 0 bridgehead atoms. The largest absolute Gasteiger partial charge is 0.488 e. The molecule has 0 saturated carbocycles. The third-order valence-corrected chi connectivity index (χ3v) is 4.29. The molecular formula is C20H23N3O6. The van der Waals surface area contributed by atoms with Crippen molar-refractivity contribution in [2.24, 2.45) is 0 Å². The molecule has 154 valence electrons. The van der Waals surface area contributed by atoms with Crippen molar-refractivity contribution in [3.05, 3.63) is 69.8 Å². The van der Waals surface area contributed by atoms with E-state index in [1.54, 1.807) is 6.92 Å². The van der Waals surface area contributed by atoms with Gasteiger partial charge in [0.25, 0.3) is 11.6 Å². The monoisotopic (exact) mass is 401 g/mol. The second-order valence-corrected chi connectivity index (χ2v) is 6.36. The van der Waals surface area contributed by atoms with E-state index in [0.29, 0.717) is 12.8 Å². The fourth-order valence-electron chi connectivity index (χ4n) is 2.68. The summed E-state index contributed by atoms with van der Waals surface area (Å²) in [7, 11) is 0. The Bertz CT molecular complexity index is 872. The quantitative estimate of drug-likeness (QED) is 0.239. The molecule has 2 aromatic carbocycles. The molecule has 3 N–H and O–H groups in total. The number of nitrogens with zero attached hydrogens (tertiary/aromatic N) is 1. The van der Waals surface area contributed by atoms with E-state index in [1.807, 2.05) is 30.3 Å². The molecule has 0 aromatic heterocycles. The number of nitrogens with one attached hydrogen (secondary N) is 2. The van der Waals surface area contributed by atoms with Crippen LogP contribution in [0.25, 0.3) is 0 Å². The fraction of sp³-hybridized carbons (Fsp3) is 0.300. The first-order chi connectivity index (χ1) is 13.8. The number of aliphatic hydroxyl groups is 1. The second-order valence-electron chi connectivity index (χ2n) is 6.36. The molecule has 2 aromatic rings. The van der Waals surface area contributed by atoms with Crippen molar-refractivity contribution in [2.45, 2.75) is 32.2 Å². The van der Waals surface area contributed by atoms with Crippen molar-refractivity contribution in [1.82, 2.24) is 10.6 Å². The third-order valence-electron chi connectivity index (χ3n) is 4.29. The Kier molecular flexibility index (Phi) is 7.40. The van der Waals surface area contributed by atoms with Gasteiger partial charge >= 0.3 is 0 Å². The summed E-state index contributed by atoms with van der Waals surface area (Å²) in [5, 5.41) is 26.3. The maximum absolute atomic E-state index is 12.8. The van der Waals surface area contributed by atoms with Crippen LogP contribution in [0.3, 0.4) is 0 Å². The Balaban J connectivity index is 2.35. The number of non-ortho nitro benzene ring substituents is 1. The summed E-state index contributed by atoms with van der Waals surface area (Å²) in [4.78, 5) is 35.0. The van der Waals surface area contributed by atoms with Crippen molar-refractivity contribution >= 4 is 17.9 Å². The van der Waals surface area contributed by atoms with Gasteiger partial charge in [0.05, 0.1) is 22.7 Å². The van der Waals surface area contributed by atoms with E-state index in [0.717, 1.165) is 11.6 Å². The molecule has 1 amide bonds. The molecule has 2 atom stereocenters. The lowest BCUT2D eigenvalue weighted by Crippen LogP contribution is -2.66. The zero-order valence-corrected chi connectivity index (χ0v) is 16.1. The molecule has 0 unspecified atom stereocenters. The normalized spacial score (nSPS) is 13.8. The van der Waals surface area contributed by atoms with Crippen LogP contribution in [0.4, 0.5) is 5.69 Å². The molecule has 0 heterocycles. The van der Waals surface area contributed by atoms with Crippen LogP contribution in [0.15, 0.2) is 48.5 Å². The molecule has 9 nitrogen and oxygen atoms in total. The molecule has 0 aliphatic heterocycles. The lowest BCUT2D eigenvalue weighted by Gasteiger charge is -2.32. The maximum Gasteiger partial charge on any atom is 0.273 e. The fourth-order valence-corrected chi connectivity index (χ4v) is 2.68. The highest BCUT2D eigenvalue weighted by Gasteiger charge is 2.37. The maximum atomic E-state index is 12.8. The van der Waals surface area contributed by atoms with Gasteiger partial charge in [-0.2, -0.15) is 0 Å². The Hall–Kier alpha value is -3.30. The van der Waals surface area contributed by atoms with Crippen LogP contribution < -0.4 is 15.4 Å². The second kappa shape index (κ2) is 9.76. The van der Waals surface area contributed by atoms with Gasteiger partial charge in [-0.15, -0.1) is 0 Å². The highest BCUT2D eigenvalue weighted by molar-refractivity contribution is 5.99. The van der Waals surface area contributed by atoms with E-state index in [9.17, 15) is 24.8 Å². The van der Waals surface area contributed by atoms with Gasteiger partial charge in [-0.3, -0.25) is 25.0 Å². The van der Waals surface area contributed by atoms with E-state index in [2.05, 4.69) is 10.6 Å². The number of aldehydes is 1. The van der Waals surface area contributed by atoms with E-state index in [1.165, 1.54) is 19.1 Å². The number of benzene rings is 2. The van der Waals surface area contributed by atoms with Gasteiger partial charge in [0, 0.05) is 6.07 Å². The van der Waals surface area contributed by atoms with Crippen molar-refractivity contribution in [3.63, 3.8) is 0 Å². The van der Waals surface area contributed by atoms with Gasteiger partial charge in [-0.05, 0) is 25.1 Å². The summed E-state index contributed by atoms with van der Waals surface area (Å²) < 4.78 is 5.67. The van der Waals surface area contributed by atoms with E-state index in [-0.39, 0.29) is 23.6 Å². The predicted octanol–water partition coefficient (Wildman–Crippen LogP) is 1.79.